The number of aromatic nitrogens is 5. The molecule has 0 unspecified atom stereocenters. The van der Waals surface area contributed by atoms with Crippen LogP contribution in [0.5, 0.6) is 0 Å². The van der Waals surface area contributed by atoms with Crippen LogP contribution in [-0.4, -0.2) is 36.9 Å². The minimum atomic E-state index is -0.408. The van der Waals surface area contributed by atoms with Crippen molar-refractivity contribution < 1.29 is 4.79 Å². The van der Waals surface area contributed by atoms with E-state index in [2.05, 4.69) is 27.1 Å². The molecular formula is C22H23N7O2. The van der Waals surface area contributed by atoms with Gasteiger partial charge in [-0.05, 0) is 24.3 Å². The lowest BCUT2D eigenvalue weighted by Gasteiger charge is -2.13. The van der Waals surface area contributed by atoms with Crippen molar-refractivity contribution in [2.45, 2.75) is 26.3 Å². The van der Waals surface area contributed by atoms with Crippen LogP contribution in [0.25, 0.3) is 22.6 Å². The third-order valence-electron chi connectivity index (χ3n) is 4.94. The summed E-state index contributed by atoms with van der Waals surface area (Å²) in [5.74, 6) is 0.671. The quantitative estimate of drug-likeness (QED) is 0.538. The topological polar surface area (TPSA) is 98.6 Å². The highest BCUT2D eigenvalue weighted by Gasteiger charge is 2.18. The molecule has 0 bridgehead atoms. The van der Waals surface area contributed by atoms with Gasteiger partial charge in [-0.1, -0.05) is 38.6 Å². The van der Waals surface area contributed by atoms with Crippen LogP contribution in [-0.2, 0) is 11.3 Å². The summed E-state index contributed by atoms with van der Waals surface area (Å²) in [5, 5.41) is 12.4. The lowest BCUT2D eigenvalue weighted by atomic mass is 10.2. The van der Waals surface area contributed by atoms with Crippen LogP contribution in [0.1, 0.15) is 25.6 Å². The van der Waals surface area contributed by atoms with Gasteiger partial charge in [0.2, 0.25) is 5.91 Å². The molecule has 0 saturated heterocycles. The molecule has 1 aromatic carbocycles. The number of hydrogen-bond acceptors (Lipinski definition) is 5. The number of amides is 1. The summed E-state index contributed by atoms with van der Waals surface area (Å²) in [7, 11) is 1.64. The van der Waals surface area contributed by atoms with Gasteiger partial charge >= 0.3 is 0 Å². The third kappa shape index (κ3) is 3.65. The monoisotopic (exact) mass is 417 g/mol. The summed E-state index contributed by atoms with van der Waals surface area (Å²) in [5.41, 5.74) is 1.68. The van der Waals surface area contributed by atoms with E-state index in [1.807, 2.05) is 48.6 Å². The Balaban J connectivity index is 1.72. The highest BCUT2D eigenvalue weighted by Crippen LogP contribution is 2.22. The lowest BCUT2D eigenvalue weighted by molar-refractivity contribution is -0.117. The molecule has 1 amide bonds. The Hall–Kier alpha value is -4.01. The smallest absolute Gasteiger partial charge is 0.291 e. The zero-order valence-corrected chi connectivity index (χ0v) is 17.6. The van der Waals surface area contributed by atoms with Crippen molar-refractivity contribution in [2.75, 3.05) is 12.4 Å². The lowest BCUT2D eigenvalue weighted by Crippen LogP contribution is -2.33. The highest BCUT2D eigenvalue weighted by molar-refractivity contribution is 5.90. The summed E-state index contributed by atoms with van der Waals surface area (Å²) in [6, 6.07) is 13.0. The maximum absolute atomic E-state index is 13.1. The van der Waals surface area contributed by atoms with Gasteiger partial charge in [-0.15, -0.1) is 5.10 Å². The fourth-order valence-electron chi connectivity index (χ4n) is 3.51. The molecule has 0 aliphatic carbocycles. The number of nitrogens with one attached hydrogen (secondary N) is 1. The second-order valence-corrected chi connectivity index (χ2v) is 7.38. The van der Waals surface area contributed by atoms with Gasteiger partial charge in [0.15, 0.2) is 5.82 Å². The molecule has 0 aliphatic heterocycles. The van der Waals surface area contributed by atoms with Gasteiger partial charge < -0.3 is 5.32 Å². The first-order chi connectivity index (χ1) is 14.9. The van der Waals surface area contributed by atoms with E-state index in [0.29, 0.717) is 22.6 Å². The van der Waals surface area contributed by atoms with E-state index in [9.17, 15) is 9.59 Å². The second kappa shape index (κ2) is 8.02. The number of fused-ring (bicyclic) bond motifs is 3. The van der Waals surface area contributed by atoms with Crippen molar-refractivity contribution in [3.05, 3.63) is 70.7 Å². The van der Waals surface area contributed by atoms with Crippen molar-refractivity contribution in [3.63, 3.8) is 0 Å². The number of carbonyl (C=O) groups is 1. The Morgan fingerprint density at radius 3 is 2.68 bits per heavy atom. The van der Waals surface area contributed by atoms with Gasteiger partial charge in [-0.3, -0.25) is 19.0 Å². The molecule has 4 aromatic rings. The normalized spacial score (nSPS) is 12.1. The summed E-state index contributed by atoms with van der Waals surface area (Å²) in [4.78, 5) is 29.8. The van der Waals surface area contributed by atoms with Gasteiger partial charge in [-0.25, -0.2) is 9.36 Å². The Labute approximate surface area is 178 Å². The molecule has 0 saturated carbocycles. The van der Waals surface area contributed by atoms with E-state index >= 15 is 0 Å². The summed E-state index contributed by atoms with van der Waals surface area (Å²) >= 11 is 0. The molecule has 0 atom stereocenters. The molecule has 0 fully saturated rings. The molecule has 158 valence electrons. The predicted octanol–water partition coefficient (Wildman–Crippen LogP) is 2.24. The summed E-state index contributed by atoms with van der Waals surface area (Å²) < 4.78 is 4.53. The van der Waals surface area contributed by atoms with Crippen molar-refractivity contribution in [1.29, 1.82) is 0 Å². The van der Waals surface area contributed by atoms with Crippen molar-refractivity contribution >= 4 is 34.3 Å². The Bertz CT molecular complexity index is 1440. The van der Waals surface area contributed by atoms with Crippen LogP contribution in [0.3, 0.4) is 0 Å². The number of carbonyl (C=O) groups excluding carboxylic acids is 1. The van der Waals surface area contributed by atoms with Crippen molar-refractivity contribution in [3.8, 4) is 0 Å². The number of anilines is 1. The number of rotatable bonds is 5. The van der Waals surface area contributed by atoms with Crippen LogP contribution in [0.15, 0.2) is 58.8 Å². The first kappa shape index (κ1) is 20.3. The van der Waals surface area contributed by atoms with Gasteiger partial charge in [-0.2, -0.15) is 5.10 Å². The molecule has 4 rings (SSSR count). The molecule has 31 heavy (non-hydrogen) atoms. The Kier molecular flexibility index (Phi) is 5.24. The maximum Gasteiger partial charge on any atom is 0.291 e. The van der Waals surface area contributed by atoms with Crippen LogP contribution in [0.4, 0.5) is 5.82 Å². The van der Waals surface area contributed by atoms with E-state index in [1.54, 1.807) is 19.2 Å². The van der Waals surface area contributed by atoms with Crippen molar-refractivity contribution in [2.24, 2.45) is 4.99 Å². The van der Waals surface area contributed by atoms with Crippen LogP contribution >= 0.6 is 0 Å². The van der Waals surface area contributed by atoms with Crippen LogP contribution < -0.4 is 16.4 Å². The highest BCUT2D eigenvalue weighted by atomic mass is 16.2. The Morgan fingerprint density at radius 2 is 1.97 bits per heavy atom. The second-order valence-electron chi connectivity index (χ2n) is 7.38. The molecule has 3 heterocycles. The minimum absolute atomic E-state index is 0.0479. The summed E-state index contributed by atoms with van der Waals surface area (Å²) in [6.07, 6.45) is 1.49. The number of benzene rings is 1. The zero-order valence-electron chi connectivity index (χ0n) is 17.6. The summed E-state index contributed by atoms with van der Waals surface area (Å²) in [6.45, 7) is 7.46. The fourth-order valence-corrected chi connectivity index (χ4v) is 3.51. The van der Waals surface area contributed by atoms with Gasteiger partial charge in [0.25, 0.3) is 5.56 Å². The Morgan fingerprint density at radius 1 is 1.19 bits per heavy atom. The van der Waals surface area contributed by atoms with E-state index in [0.717, 1.165) is 10.9 Å². The number of para-hydroxylation sites is 1. The molecule has 9 heteroatoms. The van der Waals surface area contributed by atoms with Gasteiger partial charge in [0.05, 0.1) is 5.52 Å². The van der Waals surface area contributed by atoms with E-state index in [1.165, 1.54) is 15.6 Å². The third-order valence-corrected chi connectivity index (χ3v) is 4.94. The van der Waals surface area contributed by atoms with E-state index < -0.39 is 5.91 Å². The van der Waals surface area contributed by atoms with E-state index in [4.69, 9.17) is 0 Å². The van der Waals surface area contributed by atoms with E-state index in [-0.39, 0.29) is 18.0 Å². The molecular weight excluding hydrogens is 394 g/mol. The van der Waals surface area contributed by atoms with Crippen molar-refractivity contribution in [1.82, 2.24) is 24.0 Å². The van der Waals surface area contributed by atoms with Crippen LogP contribution in [0.2, 0.25) is 0 Å². The van der Waals surface area contributed by atoms with Crippen LogP contribution in [0, 0.1) is 0 Å². The van der Waals surface area contributed by atoms with Gasteiger partial charge in [0, 0.05) is 24.6 Å². The fraction of sp³-hybridized carbons (Fsp3) is 0.227. The number of hydrogen-bond donors (Lipinski definition) is 1. The molecule has 0 spiro atoms. The standard InChI is InChI=1S/C22H23N7O2/c1-5-27-19(23-4)11-10-18(25-27)24-20(30)13-28-22(31)17-12-15-8-6-7-9-16(15)29(17)21(26-28)14(2)3/h5-12,14H,1,13H2,2-4H3,(H,24,25,30)/b23-19-. The zero-order chi connectivity index (χ0) is 22.1. The molecule has 0 radical (unpaired) electrons. The van der Waals surface area contributed by atoms with Gasteiger partial charge in [0.1, 0.15) is 23.4 Å². The molecule has 9 nitrogen and oxygen atoms in total. The largest absolute Gasteiger partial charge is 0.308 e. The molecule has 1 N–H and O–H groups in total. The average Bonchev–Trinajstić information content (AvgIpc) is 3.15. The number of nitrogens with zero attached hydrogens (tertiary/aromatic N) is 6. The predicted molar refractivity (Wildman–Crippen MR) is 120 cm³/mol. The SMILES string of the molecule is C=Cn1nc(NC(=O)Cn2nc(C(C)C)n3c(cc4ccccc43)c2=O)cc/c1=N/C. The minimum Gasteiger partial charge on any atom is -0.308 e. The molecule has 3 aromatic heterocycles. The first-order valence-corrected chi connectivity index (χ1v) is 9.89. The molecule has 0 aliphatic rings. The first-order valence-electron chi connectivity index (χ1n) is 9.89. The maximum atomic E-state index is 13.1. The average molecular weight is 417 g/mol.